The van der Waals surface area contributed by atoms with Gasteiger partial charge in [0.25, 0.3) is 0 Å². The molecule has 2 nitrogen and oxygen atoms in total. The van der Waals surface area contributed by atoms with Gasteiger partial charge in [0.2, 0.25) is 0 Å². The Balaban J connectivity index is 5.35. The van der Waals surface area contributed by atoms with Gasteiger partial charge in [0.15, 0.2) is 0 Å². The molecule has 0 fully saturated rings. The van der Waals surface area contributed by atoms with Crippen molar-refractivity contribution in [3.63, 3.8) is 0 Å². The van der Waals surface area contributed by atoms with Crippen LogP contribution in [0, 0.1) is 0 Å². The number of hydrogen-bond donors (Lipinski definition) is 0. The zero-order chi connectivity index (χ0) is 14.1. The maximum absolute atomic E-state index is 12.4. The molecule has 0 aliphatic rings. The summed E-state index contributed by atoms with van der Waals surface area (Å²) in [5.41, 5.74) is 0. The van der Waals surface area contributed by atoms with Gasteiger partial charge in [-0.3, -0.25) is 0 Å². The summed E-state index contributed by atoms with van der Waals surface area (Å²) >= 11 is 0. The molecule has 102 valence electrons. The largest absolute Gasteiger partial charge is 0.474 e. The summed E-state index contributed by atoms with van der Waals surface area (Å²) in [6.07, 6.45) is -16.7. The lowest BCUT2D eigenvalue weighted by atomic mass is 10.3. The normalized spacial score (nSPS) is 16.4. The minimum Gasteiger partial charge on any atom is -0.398 e. The molecule has 0 aromatic carbocycles. The number of alkyl halides is 6. The monoisotopic (exact) mass is 282 g/mol. The van der Waals surface area contributed by atoms with E-state index in [0.717, 1.165) is 0 Å². The molecule has 0 bridgehead atoms. The number of halogens is 10. The molecular weight excluding hydrogens is 282 g/mol. The second-order valence-electron chi connectivity index (χ2n) is 2.32. The van der Waals surface area contributed by atoms with E-state index in [-0.39, 0.29) is 0 Å². The molecule has 0 spiro atoms. The van der Waals surface area contributed by atoms with E-state index in [4.69, 9.17) is 0 Å². The molecule has 0 amide bonds. The Morgan fingerprint density at radius 2 is 1.24 bits per heavy atom. The van der Waals surface area contributed by atoms with Crippen molar-refractivity contribution in [3.8, 4) is 0 Å². The molecule has 0 N–H and O–H groups in total. The Labute approximate surface area is 85.3 Å². The highest BCUT2D eigenvalue weighted by Crippen LogP contribution is 2.48. The molecule has 0 saturated heterocycles. The molecule has 12 heteroatoms. The molecule has 17 heavy (non-hydrogen) atoms. The van der Waals surface area contributed by atoms with Crippen molar-refractivity contribution < 1.29 is 53.7 Å². The van der Waals surface area contributed by atoms with Crippen molar-refractivity contribution in [1.82, 2.24) is 0 Å². The lowest BCUT2D eigenvalue weighted by molar-refractivity contribution is -0.497. The highest BCUT2D eigenvalue weighted by molar-refractivity contribution is 4.90. The fraction of sp³-hybridized carbons (Fsp3) is 0.600. The van der Waals surface area contributed by atoms with Gasteiger partial charge in [-0.15, -0.1) is 4.94 Å². The quantitative estimate of drug-likeness (QED) is 0.577. The van der Waals surface area contributed by atoms with E-state index in [2.05, 4.69) is 4.74 Å². The predicted molar refractivity (Wildman–Crippen MR) is 28.5 cm³/mol. The molecule has 0 saturated carbocycles. The second-order valence-corrected chi connectivity index (χ2v) is 2.32. The summed E-state index contributed by atoms with van der Waals surface area (Å²) in [4.78, 5) is 1.35. The van der Waals surface area contributed by atoms with E-state index in [1.165, 1.54) is 4.94 Å². The van der Waals surface area contributed by atoms with Crippen molar-refractivity contribution in [1.29, 1.82) is 0 Å². The number of rotatable bonds is 4. The van der Waals surface area contributed by atoms with Crippen LogP contribution in [-0.2, 0) is 9.68 Å². The Bertz CT molecular complexity index is 304. The van der Waals surface area contributed by atoms with Crippen LogP contribution in [0.3, 0.4) is 0 Å². The summed E-state index contributed by atoms with van der Waals surface area (Å²) < 4.78 is 119. The van der Waals surface area contributed by atoms with Gasteiger partial charge in [0, 0.05) is 0 Å². The van der Waals surface area contributed by atoms with Gasteiger partial charge in [0.1, 0.15) is 0 Å². The van der Waals surface area contributed by atoms with Crippen LogP contribution in [0.2, 0.25) is 0 Å². The summed E-state index contributed by atoms with van der Waals surface area (Å²) in [6.45, 7) is 0. The van der Waals surface area contributed by atoms with Crippen LogP contribution in [0.5, 0.6) is 0 Å². The van der Waals surface area contributed by atoms with Gasteiger partial charge in [-0.05, 0) is 4.53 Å². The smallest absolute Gasteiger partial charge is 0.398 e. The van der Waals surface area contributed by atoms with Crippen LogP contribution in [0.25, 0.3) is 0 Å². The van der Waals surface area contributed by atoms with Crippen LogP contribution < -0.4 is 0 Å². The van der Waals surface area contributed by atoms with Gasteiger partial charge in [-0.25, -0.2) is 0 Å². The first-order valence-electron chi connectivity index (χ1n) is 3.22. The predicted octanol–water partition coefficient (Wildman–Crippen LogP) is 3.76. The molecular formula is C5F10O2. The van der Waals surface area contributed by atoms with Crippen molar-refractivity contribution in [2.75, 3.05) is 0 Å². The van der Waals surface area contributed by atoms with Gasteiger partial charge < -0.3 is 4.74 Å². The average molecular weight is 282 g/mol. The van der Waals surface area contributed by atoms with E-state index in [1.807, 2.05) is 0 Å². The first-order chi connectivity index (χ1) is 7.39. The minimum absolute atomic E-state index is 1.35. The van der Waals surface area contributed by atoms with Crippen LogP contribution in [-0.4, -0.2) is 18.1 Å². The summed E-state index contributed by atoms with van der Waals surface area (Å²) in [7, 11) is 0. The SMILES string of the molecule is FOC(F)(C(F)(F)F)C(F)(F)OC(F)=C(F)F. The molecule has 0 rings (SSSR count). The zero-order valence-corrected chi connectivity index (χ0v) is 7.10. The highest BCUT2D eigenvalue weighted by Gasteiger charge is 2.77. The van der Waals surface area contributed by atoms with E-state index in [9.17, 15) is 44.0 Å². The minimum atomic E-state index is -6.71. The van der Waals surface area contributed by atoms with Crippen LogP contribution in [0.15, 0.2) is 12.1 Å². The fourth-order valence-electron chi connectivity index (χ4n) is 0.470. The topological polar surface area (TPSA) is 18.5 Å². The molecule has 0 heterocycles. The Morgan fingerprint density at radius 1 is 0.824 bits per heavy atom. The van der Waals surface area contributed by atoms with Crippen LogP contribution >= 0.6 is 0 Å². The molecule has 0 aliphatic carbocycles. The molecule has 0 radical (unpaired) electrons. The summed E-state index contributed by atoms with van der Waals surface area (Å²) in [6, 6.07) is -3.52. The van der Waals surface area contributed by atoms with Crippen molar-refractivity contribution in [2.45, 2.75) is 18.1 Å². The van der Waals surface area contributed by atoms with Crippen molar-refractivity contribution >= 4 is 0 Å². The maximum Gasteiger partial charge on any atom is 0.474 e. The molecule has 0 aromatic rings. The molecule has 0 aliphatic heterocycles. The van der Waals surface area contributed by atoms with Crippen molar-refractivity contribution in [3.05, 3.63) is 12.1 Å². The first kappa shape index (κ1) is 15.8. The third-order valence-electron chi connectivity index (χ3n) is 1.21. The van der Waals surface area contributed by atoms with E-state index >= 15 is 0 Å². The van der Waals surface area contributed by atoms with Crippen LogP contribution in [0.4, 0.5) is 44.0 Å². The number of hydrogen-bond acceptors (Lipinski definition) is 2. The fourth-order valence-corrected chi connectivity index (χ4v) is 0.470. The van der Waals surface area contributed by atoms with Crippen LogP contribution in [0.1, 0.15) is 0 Å². The van der Waals surface area contributed by atoms with Crippen molar-refractivity contribution in [2.24, 2.45) is 0 Å². The van der Waals surface area contributed by atoms with Gasteiger partial charge in [0.05, 0.1) is 0 Å². The highest BCUT2D eigenvalue weighted by atomic mass is 19.4. The lowest BCUT2D eigenvalue weighted by Crippen LogP contribution is -2.57. The van der Waals surface area contributed by atoms with Gasteiger partial charge in [-0.2, -0.15) is 39.5 Å². The third-order valence-corrected chi connectivity index (χ3v) is 1.21. The Hall–Kier alpha value is -1.20. The van der Waals surface area contributed by atoms with E-state index < -0.39 is 30.2 Å². The summed E-state index contributed by atoms with van der Waals surface area (Å²) in [5, 5.41) is 0. The Kier molecular flexibility index (Phi) is 4.26. The van der Waals surface area contributed by atoms with Gasteiger partial charge in [-0.1, -0.05) is 0 Å². The maximum atomic E-state index is 12.4. The lowest BCUT2D eigenvalue weighted by Gasteiger charge is -2.29. The Morgan fingerprint density at radius 3 is 1.47 bits per heavy atom. The summed E-state index contributed by atoms with van der Waals surface area (Å²) in [5.74, 6) is -6.44. The first-order valence-corrected chi connectivity index (χ1v) is 3.22. The van der Waals surface area contributed by atoms with E-state index in [1.54, 1.807) is 0 Å². The van der Waals surface area contributed by atoms with Gasteiger partial charge >= 0.3 is 30.2 Å². The second kappa shape index (κ2) is 4.58. The standard InChI is InChI=1S/C5F10O2/c6-1(7)2(8)16-5(13,14)3(9,17-15)4(10,11)12. The average Bonchev–Trinajstić information content (AvgIpc) is 2.13. The third kappa shape index (κ3) is 2.92. The molecule has 1 atom stereocenters. The molecule has 0 aromatic heterocycles. The molecule has 1 unspecified atom stereocenters. The zero-order valence-electron chi connectivity index (χ0n) is 7.10. The number of ether oxygens (including phenoxy) is 1. The van der Waals surface area contributed by atoms with E-state index in [0.29, 0.717) is 0 Å².